The third-order valence-corrected chi connectivity index (χ3v) is 4.30. The summed E-state index contributed by atoms with van der Waals surface area (Å²) in [4.78, 5) is 4.70. The summed E-state index contributed by atoms with van der Waals surface area (Å²) in [5.74, 6) is 0.525. The van der Waals surface area contributed by atoms with Gasteiger partial charge in [0.2, 0.25) is 0 Å². The summed E-state index contributed by atoms with van der Waals surface area (Å²) >= 11 is 0. The molecule has 0 saturated carbocycles. The number of fused-ring (bicyclic) bond motifs is 3. The molecular formula is C16H22N2. The Kier molecular flexibility index (Phi) is 2.28. The Morgan fingerprint density at radius 1 is 1.11 bits per heavy atom. The van der Waals surface area contributed by atoms with E-state index in [9.17, 15) is 0 Å². The van der Waals surface area contributed by atoms with Gasteiger partial charge in [-0.2, -0.15) is 0 Å². The Bertz CT molecular complexity index is 510. The molecule has 0 saturated heterocycles. The predicted octanol–water partition coefficient (Wildman–Crippen LogP) is 3.30. The molecule has 0 amide bonds. The molecule has 96 valence electrons. The van der Waals surface area contributed by atoms with Crippen LogP contribution in [0.1, 0.15) is 37.8 Å². The summed E-state index contributed by atoms with van der Waals surface area (Å²) in [5, 5.41) is 0. The van der Waals surface area contributed by atoms with Crippen LogP contribution < -0.4 is 4.90 Å². The zero-order valence-corrected chi connectivity index (χ0v) is 11.9. The SMILES string of the molecule is CN1C=CC2c3cc(C(C)(C)C)ccc3N(C)C21. The van der Waals surface area contributed by atoms with Gasteiger partial charge in [-0.25, -0.2) is 0 Å². The molecule has 0 bridgehead atoms. The van der Waals surface area contributed by atoms with E-state index in [1.807, 2.05) is 0 Å². The van der Waals surface area contributed by atoms with E-state index in [0.717, 1.165) is 0 Å². The fraction of sp³-hybridized carbons (Fsp3) is 0.500. The highest BCUT2D eigenvalue weighted by Gasteiger charge is 2.40. The quantitative estimate of drug-likeness (QED) is 0.688. The molecule has 0 fully saturated rings. The average Bonchev–Trinajstić information content (AvgIpc) is 2.79. The molecule has 2 unspecified atom stereocenters. The van der Waals surface area contributed by atoms with E-state index in [1.165, 1.54) is 16.8 Å². The van der Waals surface area contributed by atoms with E-state index in [0.29, 0.717) is 12.1 Å². The third kappa shape index (κ3) is 1.48. The van der Waals surface area contributed by atoms with Crippen molar-refractivity contribution in [1.29, 1.82) is 0 Å². The molecule has 0 radical (unpaired) electrons. The summed E-state index contributed by atoms with van der Waals surface area (Å²) in [6, 6.07) is 6.97. The zero-order chi connectivity index (χ0) is 13.1. The van der Waals surface area contributed by atoms with Crippen molar-refractivity contribution in [3.63, 3.8) is 0 Å². The van der Waals surface area contributed by atoms with E-state index in [-0.39, 0.29) is 5.41 Å². The summed E-state index contributed by atoms with van der Waals surface area (Å²) in [6.07, 6.45) is 5.01. The molecule has 0 spiro atoms. The molecule has 2 heteroatoms. The highest BCUT2D eigenvalue weighted by Crippen LogP contribution is 2.45. The number of nitrogens with zero attached hydrogens (tertiary/aromatic N) is 2. The Labute approximate surface area is 110 Å². The van der Waals surface area contributed by atoms with Crippen LogP contribution in [-0.4, -0.2) is 25.2 Å². The minimum absolute atomic E-state index is 0.222. The van der Waals surface area contributed by atoms with Crippen LogP contribution in [0.25, 0.3) is 0 Å². The Balaban J connectivity index is 2.09. The normalized spacial score (nSPS) is 25.6. The Morgan fingerprint density at radius 2 is 1.83 bits per heavy atom. The van der Waals surface area contributed by atoms with Crippen molar-refractivity contribution in [2.24, 2.45) is 0 Å². The van der Waals surface area contributed by atoms with Crippen molar-refractivity contribution in [3.8, 4) is 0 Å². The molecule has 2 aliphatic rings. The van der Waals surface area contributed by atoms with Gasteiger partial charge in [0.1, 0.15) is 6.17 Å². The third-order valence-electron chi connectivity index (χ3n) is 4.30. The van der Waals surface area contributed by atoms with Crippen LogP contribution in [0.2, 0.25) is 0 Å². The van der Waals surface area contributed by atoms with Crippen molar-refractivity contribution in [2.45, 2.75) is 38.3 Å². The van der Waals surface area contributed by atoms with E-state index in [2.05, 4.69) is 75.1 Å². The van der Waals surface area contributed by atoms with Gasteiger partial charge in [0.15, 0.2) is 0 Å². The molecule has 2 atom stereocenters. The molecule has 0 aromatic heterocycles. The van der Waals surface area contributed by atoms with Gasteiger partial charge in [0.25, 0.3) is 0 Å². The van der Waals surface area contributed by atoms with Crippen molar-refractivity contribution < 1.29 is 0 Å². The molecule has 2 aliphatic heterocycles. The lowest BCUT2D eigenvalue weighted by Gasteiger charge is -2.29. The minimum Gasteiger partial charge on any atom is -0.360 e. The van der Waals surface area contributed by atoms with Crippen LogP contribution in [0, 0.1) is 0 Å². The van der Waals surface area contributed by atoms with Crippen molar-refractivity contribution in [1.82, 2.24) is 4.90 Å². The lowest BCUT2D eigenvalue weighted by Crippen LogP contribution is -2.38. The monoisotopic (exact) mass is 242 g/mol. The lowest BCUT2D eigenvalue weighted by molar-refractivity contribution is 0.346. The molecule has 0 aliphatic carbocycles. The average molecular weight is 242 g/mol. The first kappa shape index (κ1) is 11.6. The van der Waals surface area contributed by atoms with Gasteiger partial charge in [-0.3, -0.25) is 0 Å². The van der Waals surface area contributed by atoms with Gasteiger partial charge in [-0.15, -0.1) is 0 Å². The fourth-order valence-corrected chi connectivity index (χ4v) is 3.20. The van der Waals surface area contributed by atoms with E-state index < -0.39 is 0 Å². The molecular weight excluding hydrogens is 220 g/mol. The number of anilines is 1. The minimum atomic E-state index is 0.222. The number of benzene rings is 1. The summed E-state index contributed by atoms with van der Waals surface area (Å²) in [7, 11) is 4.36. The van der Waals surface area contributed by atoms with E-state index >= 15 is 0 Å². The molecule has 2 heterocycles. The standard InChI is InChI=1S/C16H22N2/c1-16(2,3)11-6-7-14-13(10-11)12-8-9-17(4)15(12)18(14)5/h6-10,12,15H,1-5H3. The van der Waals surface area contributed by atoms with Gasteiger partial charge in [-0.1, -0.05) is 39.0 Å². The highest BCUT2D eigenvalue weighted by atomic mass is 15.4. The summed E-state index contributed by atoms with van der Waals surface area (Å²) in [5.41, 5.74) is 4.52. The van der Waals surface area contributed by atoms with Crippen LogP contribution in [0.5, 0.6) is 0 Å². The van der Waals surface area contributed by atoms with Gasteiger partial charge in [0.05, 0.1) is 0 Å². The van der Waals surface area contributed by atoms with Crippen LogP contribution in [0.15, 0.2) is 30.5 Å². The van der Waals surface area contributed by atoms with E-state index in [4.69, 9.17) is 0 Å². The number of hydrogen-bond acceptors (Lipinski definition) is 2. The number of hydrogen-bond donors (Lipinski definition) is 0. The Hall–Kier alpha value is -1.44. The number of rotatable bonds is 0. The van der Waals surface area contributed by atoms with Gasteiger partial charge < -0.3 is 9.80 Å². The Morgan fingerprint density at radius 3 is 2.50 bits per heavy atom. The van der Waals surface area contributed by atoms with Crippen LogP contribution in [0.4, 0.5) is 5.69 Å². The van der Waals surface area contributed by atoms with Gasteiger partial charge in [0, 0.05) is 25.7 Å². The zero-order valence-electron chi connectivity index (χ0n) is 11.9. The first-order chi connectivity index (χ1) is 8.39. The first-order valence-electron chi connectivity index (χ1n) is 6.67. The molecule has 2 nitrogen and oxygen atoms in total. The second kappa shape index (κ2) is 3.53. The fourth-order valence-electron chi connectivity index (χ4n) is 3.20. The first-order valence-corrected chi connectivity index (χ1v) is 6.67. The van der Waals surface area contributed by atoms with Crippen molar-refractivity contribution in [2.75, 3.05) is 19.0 Å². The highest BCUT2D eigenvalue weighted by molar-refractivity contribution is 5.64. The predicted molar refractivity (Wildman–Crippen MR) is 77.0 cm³/mol. The van der Waals surface area contributed by atoms with Gasteiger partial charge in [-0.05, 0) is 28.8 Å². The second-order valence-corrected chi connectivity index (χ2v) is 6.58. The van der Waals surface area contributed by atoms with Gasteiger partial charge >= 0.3 is 0 Å². The lowest BCUT2D eigenvalue weighted by atomic mass is 9.84. The van der Waals surface area contributed by atoms with Crippen LogP contribution in [0.3, 0.4) is 0 Å². The number of likely N-dealkylation sites (N-methyl/N-ethyl adjacent to an activating group) is 2. The summed E-state index contributed by atoms with van der Waals surface area (Å²) in [6.45, 7) is 6.84. The maximum absolute atomic E-state index is 2.40. The largest absolute Gasteiger partial charge is 0.360 e. The van der Waals surface area contributed by atoms with Crippen molar-refractivity contribution in [3.05, 3.63) is 41.6 Å². The van der Waals surface area contributed by atoms with Crippen molar-refractivity contribution >= 4 is 5.69 Å². The van der Waals surface area contributed by atoms with E-state index in [1.54, 1.807) is 0 Å². The molecule has 0 N–H and O–H groups in total. The van der Waals surface area contributed by atoms with Crippen LogP contribution in [-0.2, 0) is 5.41 Å². The maximum atomic E-state index is 2.40. The topological polar surface area (TPSA) is 6.48 Å². The molecule has 1 aromatic carbocycles. The molecule has 1 aromatic rings. The summed E-state index contributed by atoms with van der Waals surface area (Å²) < 4.78 is 0. The van der Waals surface area contributed by atoms with Crippen LogP contribution >= 0.6 is 0 Å². The smallest absolute Gasteiger partial charge is 0.111 e. The molecule has 3 rings (SSSR count). The second-order valence-electron chi connectivity index (χ2n) is 6.58. The molecule has 18 heavy (non-hydrogen) atoms. The maximum Gasteiger partial charge on any atom is 0.111 e.